The molecule has 0 spiro atoms. The topological polar surface area (TPSA) is 26.0 Å². The number of nitrogens with two attached hydrogens (primary N) is 1. The number of rotatable bonds is 2. The molecular formula is C10H17N. The average Bonchev–Trinajstić information content (AvgIpc) is 2.61. The fourth-order valence-electron chi connectivity index (χ4n) is 3.04. The number of hydrogen-bond acceptors (Lipinski definition) is 1. The van der Waals surface area contributed by atoms with Crippen molar-refractivity contribution < 1.29 is 0 Å². The van der Waals surface area contributed by atoms with Crippen LogP contribution >= 0.6 is 0 Å². The van der Waals surface area contributed by atoms with E-state index in [4.69, 9.17) is 5.73 Å². The van der Waals surface area contributed by atoms with Crippen LogP contribution in [0.15, 0.2) is 0 Å². The predicted octanol–water partition coefficient (Wildman–Crippen LogP) is 2.06. The van der Waals surface area contributed by atoms with Crippen LogP contribution in [0.2, 0.25) is 0 Å². The maximum absolute atomic E-state index is 6.30. The molecule has 1 nitrogen and oxygen atoms in total. The van der Waals surface area contributed by atoms with E-state index in [-0.39, 0.29) is 0 Å². The molecule has 0 unspecified atom stereocenters. The van der Waals surface area contributed by atoms with Gasteiger partial charge in [-0.1, -0.05) is 6.42 Å². The van der Waals surface area contributed by atoms with Crippen LogP contribution in [0.4, 0.5) is 0 Å². The van der Waals surface area contributed by atoms with Gasteiger partial charge in [0.25, 0.3) is 0 Å². The second-order valence-corrected chi connectivity index (χ2v) is 4.94. The Kier molecular flexibility index (Phi) is 0.976. The highest BCUT2D eigenvalue weighted by Crippen LogP contribution is 2.70. The van der Waals surface area contributed by atoms with Crippen LogP contribution in [0, 0.1) is 11.3 Å². The molecule has 3 rings (SSSR count). The molecule has 0 bridgehead atoms. The summed E-state index contributed by atoms with van der Waals surface area (Å²) in [5, 5.41) is 0. The molecule has 3 fully saturated rings. The van der Waals surface area contributed by atoms with Crippen LogP contribution < -0.4 is 5.73 Å². The molecule has 0 aromatic carbocycles. The van der Waals surface area contributed by atoms with E-state index in [0.717, 1.165) is 5.92 Å². The molecule has 3 saturated carbocycles. The molecule has 0 aromatic rings. The van der Waals surface area contributed by atoms with Crippen molar-refractivity contribution in [2.75, 3.05) is 0 Å². The summed E-state index contributed by atoms with van der Waals surface area (Å²) in [6, 6.07) is 0. The van der Waals surface area contributed by atoms with Crippen LogP contribution in [0.3, 0.4) is 0 Å². The summed E-state index contributed by atoms with van der Waals surface area (Å²) < 4.78 is 0. The predicted molar refractivity (Wildman–Crippen MR) is 45.2 cm³/mol. The fourth-order valence-corrected chi connectivity index (χ4v) is 3.04. The third-order valence-electron chi connectivity index (χ3n) is 4.46. The van der Waals surface area contributed by atoms with Gasteiger partial charge in [0.05, 0.1) is 0 Å². The molecule has 0 saturated heterocycles. The van der Waals surface area contributed by atoms with Gasteiger partial charge in [-0.05, 0) is 49.9 Å². The van der Waals surface area contributed by atoms with Crippen molar-refractivity contribution in [2.24, 2.45) is 17.1 Å². The molecular weight excluding hydrogens is 134 g/mol. The van der Waals surface area contributed by atoms with Crippen LogP contribution in [0.5, 0.6) is 0 Å². The van der Waals surface area contributed by atoms with Gasteiger partial charge in [0.15, 0.2) is 0 Å². The number of hydrogen-bond donors (Lipinski definition) is 1. The first kappa shape index (κ1) is 6.47. The first-order valence-electron chi connectivity index (χ1n) is 5.06. The third kappa shape index (κ3) is 0.658. The molecule has 1 heteroatoms. The van der Waals surface area contributed by atoms with E-state index < -0.39 is 0 Å². The molecule has 2 N–H and O–H groups in total. The van der Waals surface area contributed by atoms with Gasteiger partial charge >= 0.3 is 0 Å². The lowest BCUT2D eigenvalue weighted by molar-refractivity contribution is 0.145. The molecule has 0 atom stereocenters. The minimum atomic E-state index is 0.331. The van der Waals surface area contributed by atoms with Crippen LogP contribution in [-0.4, -0.2) is 5.54 Å². The van der Waals surface area contributed by atoms with E-state index in [1.54, 1.807) is 0 Å². The highest BCUT2D eigenvalue weighted by Gasteiger charge is 2.66. The quantitative estimate of drug-likeness (QED) is 0.642. The molecule has 0 heterocycles. The Morgan fingerprint density at radius 3 is 1.91 bits per heavy atom. The standard InChI is InChI=1S/C10H17N/c11-10(6-7-10)9(4-5-9)8-2-1-3-8/h8H,1-7,11H2. The summed E-state index contributed by atoms with van der Waals surface area (Å²) in [5.41, 5.74) is 7.30. The lowest BCUT2D eigenvalue weighted by atomic mass is 9.69. The molecule has 3 aliphatic rings. The minimum Gasteiger partial charge on any atom is -0.325 e. The Hall–Kier alpha value is -0.0400. The molecule has 11 heavy (non-hydrogen) atoms. The Morgan fingerprint density at radius 1 is 1.00 bits per heavy atom. The Morgan fingerprint density at radius 2 is 1.64 bits per heavy atom. The largest absolute Gasteiger partial charge is 0.325 e. The van der Waals surface area contributed by atoms with Crippen LogP contribution in [0.1, 0.15) is 44.9 Å². The van der Waals surface area contributed by atoms with E-state index in [9.17, 15) is 0 Å². The maximum atomic E-state index is 6.30. The van der Waals surface area contributed by atoms with Crippen LogP contribution in [0.25, 0.3) is 0 Å². The van der Waals surface area contributed by atoms with Crippen molar-refractivity contribution in [1.29, 1.82) is 0 Å². The van der Waals surface area contributed by atoms with Gasteiger partial charge in [0.1, 0.15) is 0 Å². The van der Waals surface area contributed by atoms with Gasteiger partial charge < -0.3 is 5.73 Å². The van der Waals surface area contributed by atoms with Crippen molar-refractivity contribution in [3.8, 4) is 0 Å². The van der Waals surface area contributed by atoms with Gasteiger partial charge in [0.2, 0.25) is 0 Å². The van der Waals surface area contributed by atoms with E-state index >= 15 is 0 Å². The lowest BCUT2D eigenvalue weighted by Crippen LogP contribution is -2.41. The van der Waals surface area contributed by atoms with Crippen molar-refractivity contribution >= 4 is 0 Å². The second kappa shape index (κ2) is 1.66. The molecule has 3 aliphatic carbocycles. The molecule has 62 valence electrons. The molecule has 0 amide bonds. The average molecular weight is 151 g/mol. The summed E-state index contributed by atoms with van der Waals surface area (Å²) in [4.78, 5) is 0. The summed E-state index contributed by atoms with van der Waals surface area (Å²) in [6.07, 6.45) is 10.00. The zero-order valence-electron chi connectivity index (χ0n) is 7.10. The highest BCUT2D eigenvalue weighted by atomic mass is 14.9. The normalized spacial score (nSPS) is 37.9. The first-order valence-corrected chi connectivity index (χ1v) is 5.06. The second-order valence-electron chi connectivity index (χ2n) is 4.94. The van der Waals surface area contributed by atoms with Crippen molar-refractivity contribution in [1.82, 2.24) is 0 Å². The summed E-state index contributed by atoms with van der Waals surface area (Å²) in [7, 11) is 0. The van der Waals surface area contributed by atoms with E-state index in [1.807, 2.05) is 0 Å². The first-order chi connectivity index (χ1) is 5.27. The zero-order valence-corrected chi connectivity index (χ0v) is 7.10. The lowest BCUT2D eigenvalue weighted by Gasteiger charge is -2.38. The van der Waals surface area contributed by atoms with Gasteiger partial charge in [-0.25, -0.2) is 0 Å². The fraction of sp³-hybridized carbons (Fsp3) is 1.00. The summed E-state index contributed by atoms with van der Waals surface area (Å²) in [6.45, 7) is 0. The Balaban J connectivity index is 1.82. The highest BCUT2D eigenvalue weighted by molar-refractivity contribution is 5.21. The Bertz CT molecular complexity index is 185. The van der Waals surface area contributed by atoms with Crippen LogP contribution in [-0.2, 0) is 0 Å². The van der Waals surface area contributed by atoms with E-state index in [0.29, 0.717) is 11.0 Å². The van der Waals surface area contributed by atoms with Crippen molar-refractivity contribution in [2.45, 2.75) is 50.5 Å². The van der Waals surface area contributed by atoms with Crippen molar-refractivity contribution in [3.63, 3.8) is 0 Å². The maximum Gasteiger partial charge on any atom is 0.0215 e. The van der Waals surface area contributed by atoms with Crippen molar-refractivity contribution in [3.05, 3.63) is 0 Å². The van der Waals surface area contributed by atoms with Gasteiger partial charge in [-0.2, -0.15) is 0 Å². The van der Waals surface area contributed by atoms with E-state index in [2.05, 4.69) is 0 Å². The minimum absolute atomic E-state index is 0.331. The molecule has 0 aliphatic heterocycles. The summed E-state index contributed by atoms with van der Waals surface area (Å²) in [5.74, 6) is 1.04. The monoisotopic (exact) mass is 151 g/mol. The summed E-state index contributed by atoms with van der Waals surface area (Å²) >= 11 is 0. The SMILES string of the molecule is NC1(C2(C3CCC3)CC2)CC1. The van der Waals surface area contributed by atoms with Gasteiger partial charge in [0, 0.05) is 5.54 Å². The smallest absolute Gasteiger partial charge is 0.0215 e. The molecule has 0 aromatic heterocycles. The molecule has 0 radical (unpaired) electrons. The zero-order chi connectivity index (χ0) is 7.53. The van der Waals surface area contributed by atoms with Gasteiger partial charge in [-0.15, -0.1) is 0 Å². The third-order valence-corrected chi connectivity index (χ3v) is 4.46. The van der Waals surface area contributed by atoms with Gasteiger partial charge in [-0.3, -0.25) is 0 Å². The Labute approximate surface area is 68.3 Å². The van der Waals surface area contributed by atoms with E-state index in [1.165, 1.54) is 44.9 Å².